The molecule has 0 fully saturated rings. The highest BCUT2D eigenvalue weighted by molar-refractivity contribution is 7.18. The molecule has 0 saturated carbocycles. The zero-order valence-corrected chi connectivity index (χ0v) is 22.3. The van der Waals surface area contributed by atoms with Gasteiger partial charge in [0, 0.05) is 26.6 Å². The summed E-state index contributed by atoms with van der Waals surface area (Å²) >= 11 is 1.79. The fraction of sp³-hybridized carbons (Fsp3) is 0. The molecular weight excluding hydrogens is 504 g/mol. The van der Waals surface area contributed by atoms with Crippen LogP contribution in [0.5, 0.6) is 0 Å². The first-order valence-corrected chi connectivity index (χ1v) is 14.5. The molecule has 0 saturated heterocycles. The van der Waals surface area contributed by atoms with Crippen LogP contribution in [0, 0.1) is 0 Å². The van der Waals surface area contributed by atoms with Gasteiger partial charge in [0.1, 0.15) is 11.2 Å². The highest BCUT2D eigenvalue weighted by atomic mass is 32.1. The van der Waals surface area contributed by atoms with Crippen LogP contribution < -0.4 is 0 Å². The minimum atomic E-state index is 0.932. The second-order valence-electron chi connectivity index (χ2n) is 10.5. The zero-order chi connectivity index (χ0) is 26.2. The van der Waals surface area contributed by atoms with Gasteiger partial charge in [-0.3, -0.25) is 0 Å². The summed E-state index contributed by atoms with van der Waals surface area (Å²) in [5.41, 5.74) is 6.78. The predicted molar refractivity (Wildman–Crippen MR) is 172 cm³/mol. The van der Waals surface area contributed by atoms with E-state index in [-0.39, 0.29) is 0 Å². The predicted octanol–water partition coefficient (Wildman–Crippen LogP) is 11.6. The highest BCUT2D eigenvalue weighted by Crippen LogP contribution is 2.49. The molecule has 2 aromatic heterocycles. The fourth-order valence-corrected chi connectivity index (χ4v) is 7.51. The van der Waals surface area contributed by atoms with Gasteiger partial charge in [0.25, 0.3) is 0 Å². The van der Waals surface area contributed by atoms with Gasteiger partial charge in [-0.15, -0.1) is 11.3 Å². The Hall–Kier alpha value is -4.92. The minimum absolute atomic E-state index is 0.932. The zero-order valence-electron chi connectivity index (χ0n) is 21.5. The van der Waals surface area contributed by atoms with Crippen LogP contribution in [0.15, 0.2) is 137 Å². The molecular formula is C38H22OS. The van der Waals surface area contributed by atoms with Gasteiger partial charge in [-0.2, -0.15) is 0 Å². The van der Waals surface area contributed by atoms with Crippen molar-refractivity contribution >= 4 is 75.7 Å². The van der Waals surface area contributed by atoms with E-state index in [1.807, 2.05) is 0 Å². The van der Waals surface area contributed by atoms with Gasteiger partial charge in [-0.05, 0) is 78.5 Å². The second-order valence-corrected chi connectivity index (χ2v) is 11.4. The first-order chi connectivity index (χ1) is 19.8. The molecule has 0 aliphatic rings. The van der Waals surface area contributed by atoms with Crippen LogP contribution >= 0.6 is 11.3 Å². The number of fused-ring (bicyclic) bond motifs is 8. The Morgan fingerprint density at radius 1 is 0.475 bits per heavy atom. The third-order valence-electron chi connectivity index (χ3n) is 8.30. The van der Waals surface area contributed by atoms with Gasteiger partial charge < -0.3 is 4.42 Å². The third kappa shape index (κ3) is 3.03. The molecule has 0 aliphatic carbocycles. The Kier molecular flexibility index (Phi) is 4.55. The summed E-state index contributed by atoms with van der Waals surface area (Å²) in [7, 11) is 0. The van der Waals surface area contributed by atoms with Gasteiger partial charge >= 0.3 is 0 Å². The number of thiophene rings is 1. The Balaban J connectivity index is 1.47. The lowest BCUT2D eigenvalue weighted by atomic mass is 9.85. The van der Waals surface area contributed by atoms with Crippen LogP contribution in [0.3, 0.4) is 0 Å². The van der Waals surface area contributed by atoms with Gasteiger partial charge in [-0.25, -0.2) is 0 Å². The maximum Gasteiger partial charge on any atom is 0.144 e. The molecule has 0 aliphatic heterocycles. The molecule has 40 heavy (non-hydrogen) atoms. The summed E-state index contributed by atoms with van der Waals surface area (Å²) in [6.45, 7) is 0. The van der Waals surface area contributed by atoms with Crippen molar-refractivity contribution in [2.24, 2.45) is 0 Å². The molecule has 0 radical (unpaired) electrons. The monoisotopic (exact) mass is 526 g/mol. The summed E-state index contributed by atoms with van der Waals surface area (Å²) in [6, 6.07) is 46.1. The molecule has 2 heteroatoms. The Labute approximate surface area is 234 Å². The maximum atomic E-state index is 6.68. The number of benzene rings is 7. The molecule has 0 unspecified atom stereocenters. The highest BCUT2D eigenvalue weighted by Gasteiger charge is 2.22. The lowest BCUT2D eigenvalue weighted by molar-refractivity contribution is 0.670. The van der Waals surface area contributed by atoms with E-state index in [9.17, 15) is 0 Å². The first-order valence-electron chi connectivity index (χ1n) is 13.6. The van der Waals surface area contributed by atoms with Crippen LogP contribution in [0.25, 0.3) is 86.6 Å². The van der Waals surface area contributed by atoms with Gasteiger partial charge in [0.15, 0.2) is 0 Å². The van der Waals surface area contributed by atoms with Crippen LogP contribution in [0.1, 0.15) is 0 Å². The van der Waals surface area contributed by atoms with Gasteiger partial charge in [0.2, 0.25) is 0 Å². The van der Waals surface area contributed by atoms with Gasteiger partial charge in [0.05, 0.1) is 0 Å². The van der Waals surface area contributed by atoms with Crippen molar-refractivity contribution in [3.63, 3.8) is 0 Å². The number of hydrogen-bond acceptors (Lipinski definition) is 2. The molecule has 7 aromatic carbocycles. The van der Waals surface area contributed by atoms with Crippen molar-refractivity contribution in [3.05, 3.63) is 133 Å². The van der Waals surface area contributed by atoms with Crippen LogP contribution in [0.4, 0.5) is 0 Å². The standard InChI is InChI=1S/C38H22OS/c1-2-10-24-21-25(18-17-23(24)9-1)34-27-11-3-5-13-29(27)35(30-14-6-4-12-28(30)34)32-22-26-19-20-40-38(26)36-31-15-7-8-16-33(31)39-37(32)36/h1-22H. The van der Waals surface area contributed by atoms with Crippen molar-refractivity contribution in [1.29, 1.82) is 0 Å². The van der Waals surface area contributed by atoms with Crippen molar-refractivity contribution in [2.75, 3.05) is 0 Å². The molecule has 1 nitrogen and oxygen atoms in total. The SMILES string of the molecule is c1ccc2cc(-c3c4ccccc4c(-c4cc5ccsc5c5c4oc4ccccc45)c4ccccc34)ccc2c1. The summed E-state index contributed by atoms with van der Waals surface area (Å²) in [6.07, 6.45) is 0. The lowest BCUT2D eigenvalue weighted by Gasteiger charge is -2.18. The first kappa shape index (κ1) is 22.0. The number of hydrogen-bond donors (Lipinski definition) is 0. The van der Waals surface area contributed by atoms with Crippen molar-refractivity contribution in [1.82, 2.24) is 0 Å². The van der Waals surface area contributed by atoms with E-state index in [0.717, 1.165) is 16.7 Å². The average molecular weight is 527 g/mol. The summed E-state index contributed by atoms with van der Waals surface area (Å²) in [5, 5.41) is 13.3. The molecule has 9 aromatic rings. The Morgan fingerprint density at radius 3 is 1.85 bits per heavy atom. The van der Waals surface area contributed by atoms with E-state index in [2.05, 4.69) is 133 Å². The number of para-hydroxylation sites is 1. The summed E-state index contributed by atoms with van der Waals surface area (Å²) in [4.78, 5) is 0. The number of furan rings is 1. The molecule has 0 N–H and O–H groups in total. The molecule has 186 valence electrons. The lowest BCUT2D eigenvalue weighted by Crippen LogP contribution is -1.91. The molecule has 0 atom stereocenters. The Bertz CT molecular complexity index is 2380. The van der Waals surface area contributed by atoms with Crippen molar-refractivity contribution in [2.45, 2.75) is 0 Å². The number of rotatable bonds is 2. The van der Waals surface area contributed by atoms with Crippen molar-refractivity contribution in [3.8, 4) is 22.3 Å². The molecule has 2 heterocycles. The van der Waals surface area contributed by atoms with Crippen LogP contribution in [0.2, 0.25) is 0 Å². The van der Waals surface area contributed by atoms with E-state index in [4.69, 9.17) is 4.42 Å². The summed E-state index contributed by atoms with van der Waals surface area (Å²) in [5.74, 6) is 0. The van der Waals surface area contributed by atoms with E-state index < -0.39 is 0 Å². The van der Waals surface area contributed by atoms with E-state index in [1.54, 1.807) is 11.3 Å². The van der Waals surface area contributed by atoms with E-state index in [0.29, 0.717) is 0 Å². The largest absolute Gasteiger partial charge is 0.455 e. The van der Waals surface area contributed by atoms with E-state index in [1.165, 1.54) is 69.9 Å². The topological polar surface area (TPSA) is 13.1 Å². The quantitative estimate of drug-likeness (QED) is 0.204. The molecule has 0 spiro atoms. The average Bonchev–Trinajstić information content (AvgIpc) is 3.64. The Morgan fingerprint density at radius 2 is 1.10 bits per heavy atom. The van der Waals surface area contributed by atoms with Crippen LogP contribution in [-0.4, -0.2) is 0 Å². The minimum Gasteiger partial charge on any atom is -0.455 e. The molecule has 9 rings (SSSR count). The summed E-state index contributed by atoms with van der Waals surface area (Å²) < 4.78 is 7.97. The fourth-order valence-electron chi connectivity index (χ4n) is 6.58. The van der Waals surface area contributed by atoms with Crippen LogP contribution in [-0.2, 0) is 0 Å². The smallest absolute Gasteiger partial charge is 0.144 e. The third-order valence-corrected chi connectivity index (χ3v) is 9.25. The van der Waals surface area contributed by atoms with Crippen molar-refractivity contribution < 1.29 is 4.42 Å². The second kappa shape index (κ2) is 8.29. The van der Waals surface area contributed by atoms with Gasteiger partial charge in [-0.1, -0.05) is 103 Å². The maximum absolute atomic E-state index is 6.68. The molecule has 0 bridgehead atoms. The van der Waals surface area contributed by atoms with E-state index >= 15 is 0 Å². The normalized spacial score (nSPS) is 12.0. The molecule has 0 amide bonds.